The van der Waals surface area contributed by atoms with E-state index < -0.39 is 5.79 Å². The molecule has 22 heavy (non-hydrogen) atoms. The van der Waals surface area contributed by atoms with Gasteiger partial charge >= 0.3 is 0 Å². The van der Waals surface area contributed by atoms with Crippen molar-refractivity contribution in [1.29, 1.82) is 0 Å². The van der Waals surface area contributed by atoms with E-state index in [2.05, 4.69) is 0 Å². The molecule has 0 saturated carbocycles. The van der Waals surface area contributed by atoms with E-state index in [0.717, 1.165) is 15.8 Å². The predicted octanol–water partition coefficient (Wildman–Crippen LogP) is 2.59. The quantitative estimate of drug-likeness (QED) is 0.537. The van der Waals surface area contributed by atoms with Gasteiger partial charge in [-0.2, -0.15) is 0 Å². The molecule has 1 aliphatic heterocycles. The Morgan fingerprint density at radius 2 is 2.05 bits per heavy atom. The van der Waals surface area contributed by atoms with E-state index in [-0.39, 0.29) is 18.4 Å². The molecule has 1 saturated heterocycles. The number of fused-ring (bicyclic) bond motifs is 1. The molecule has 116 valence electrons. The monoisotopic (exact) mass is 300 g/mol. The first-order chi connectivity index (χ1) is 10.5. The molecule has 1 aliphatic rings. The van der Waals surface area contributed by atoms with Gasteiger partial charge in [0, 0.05) is 0 Å². The standard InChI is InChI=1S/C17H20N2O3/c1-12-11-21-17(2,22-12)10-16(20)19(18)15-8-7-13-5-3-4-6-14(13)9-15/h3-9,12H,10-11,18H2,1-2H3. The number of amides is 1. The number of anilines is 1. The Morgan fingerprint density at radius 3 is 2.73 bits per heavy atom. The molecule has 5 heteroatoms. The molecular formula is C17H20N2O3. The number of nitrogens with two attached hydrogens (primary N) is 1. The Bertz CT molecular complexity index is 703. The molecule has 2 atom stereocenters. The first-order valence-electron chi connectivity index (χ1n) is 7.35. The fraction of sp³-hybridized carbons (Fsp3) is 0.353. The van der Waals surface area contributed by atoms with Gasteiger partial charge in [-0.1, -0.05) is 30.3 Å². The largest absolute Gasteiger partial charge is 0.347 e. The lowest BCUT2D eigenvalue weighted by Gasteiger charge is -2.25. The Labute approximate surface area is 129 Å². The van der Waals surface area contributed by atoms with Crippen molar-refractivity contribution in [2.45, 2.75) is 32.2 Å². The van der Waals surface area contributed by atoms with Crippen molar-refractivity contribution in [2.75, 3.05) is 11.6 Å². The summed E-state index contributed by atoms with van der Waals surface area (Å²) in [4.78, 5) is 12.4. The smallest absolute Gasteiger partial charge is 0.246 e. The van der Waals surface area contributed by atoms with Gasteiger partial charge in [-0.05, 0) is 36.8 Å². The van der Waals surface area contributed by atoms with Gasteiger partial charge in [0.25, 0.3) is 0 Å². The van der Waals surface area contributed by atoms with Crippen molar-refractivity contribution in [3.63, 3.8) is 0 Å². The minimum Gasteiger partial charge on any atom is -0.347 e. The third-order valence-electron chi connectivity index (χ3n) is 3.83. The van der Waals surface area contributed by atoms with Crippen LogP contribution in [0.1, 0.15) is 20.3 Å². The Hall–Kier alpha value is -1.95. The molecule has 1 heterocycles. The van der Waals surface area contributed by atoms with Crippen LogP contribution in [0.4, 0.5) is 5.69 Å². The maximum Gasteiger partial charge on any atom is 0.246 e. The summed E-state index contributed by atoms with van der Waals surface area (Å²) in [6.45, 7) is 4.17. The molecule has 0 aromatic heterocycles. The number of rotatable bonds is 3. The normalized spacial score (nSPS) is 24.6. The minimum atomic E-state index is -0.898. The Kier molecular flexibility index (Phi) is 3.87. The first kappa shape index (κ1) is 15.0. The number of nitrogens with zero attached hydrogens (tertiary/aromatic N) is 1. The van der Waals surface area contributed by atoms with E-state index in [1.165, 1.54) is 0 Å². The van der Waals surface area contributed by atoms with Crippen LogP contribution in [0, 0.1) is 0 Å². The summed E-state index contributed by atoms with van der Waals surface area (Å²) >= 11 is 0. The van der Waals surface area contributed by atoms with Crippen LogP contribution in [0.25, 0.3) is 10.8 Å². The number of hydrazine groups is 1. The van der Waals surface area contributed by atoms with Crippen molar-refractivity contribution in [3.8, 4) is 0 Å². The summed E-state index contributed by atoms with van der Waals surface area (Å²) in [5, 5.41) is 3.31. The lowest BCUT2D eigenvalue weighted by molar-refractivity contribution is -0.164. The number of benzene rings is 2. The molecule has 0 spiro atoms. The predicted molar refractivity (Wildman–Crippen MR) is 85.1 cm³/mol. The lowest BCUT2D eigenvalue weighted by atomic mass is 10.1. The average molecular weight is 300 g/mol. The number of hydrogen-bond acceptors (Lipinski definition) is 4. The van der Waals surface area contributed by atoms with Crippen molar-refractivity contribution in [3.05, 3.63) is 42.5 Å². The van der Waals surface area contributed by atoms with Gasteiger partial charge in [-0.25, -0.2) is 10.9 Å². The van der Waals surface area contributed by atoms with E-state index in [1.807, 2.05) is 49.4 Å². The second-order valence-corrected chi connectivity index (χ2v) is 5.85. The fourth-order valence-corrected chi connectivity index (χ4v) is 2.71. The van der Waals surface area contributed by atoms with Crippen LogP contribution in [0.3, 0.4) is 0 Å². The molecule has 1 amide bonds. The van der Waals surface area contributed by atoms with Crippen LogP contribution in [0.15, 0.2) is 42.5 Å². The van der Waals surface area contributed by atoms with Crippen molar-refractivity contribution < 1.29 is 14.3 Å². The van der Waals surface area contributed by atoms with Gasteiger partial charge in [-0.3, -0.25) is 4.79 Å². The second kappa shape index (κ2) is 5.68. The van der Waals surface area contributed by atoms with Gasteiger partial charge in [0.05, 0.1) is 24.8 Å². The van der Waals surface area contributed by atoms with Crippen molar-refractivity contribution in [1.82, 2.24) is 0 Å². The summed E-state index contributed by atoms with van der Waals surface area (Å²) in [7, 11) is 0. The van der Waals surface area contributed by atoms with E-state index in [1.54, 1.807) is 6.92 Å². The van der Waals surface area contributed by atoms with Gasteiger partial charge in [0.1, 0.15) is 0 Å². The minimum absolute atomic E-state index is 0.00954. The van der Waals surface area contributed by atoms with Crippen LogP contribution in [0.2, 0.25) is 0 Å². The molecule has 2 unspecified atom stereocenters. The van der Waals surface area contributed by atoms with Crippen LogP contribution in [0.5, 0.6) is 0 Å². The third-order valence-corrected chi connectivity index (χ3v) is 3.83. The van der Waals surface area contributed by atoms with Crippen LogP contribution in [-0.2, 0) is 14.3 Å². The summed E-state index contributed by atoms with van der Waals surface area (Å²) in [6, 6.07) is 13.6. The Morgan fingerprint density at radius 1 is 1.32 bits per heavy atom. The summed E-state index contributed by atoms with van der Waals surface area (Å²) in [5.74, 6) is 4.83. The first-order valence-corrected chi connectivity index (χ1v) is 7.35. The van der Waals surface area contributed by atoms with E-state index in [4.69, 9.17) is 15.3 Å². The zero-order valence-corrected chi connectivity index (χ0v) is 12.8. The molecule has 0 radical (unpaired) electrons. The highest BCUT2D eigenvalue weighted by atomic mass is 16.7. The molecule has 3 rings (SSSR count). The van der Waals surface area contributed by atoms with Gasteiger partial charge in [0.2, 0.25) is 5.91 Å². The second-order valence-electron chi connectivity index (χ2n) is 5.85. The maximum absolute atomic E-state index is 12.4. The SMILES string of the molecule is CC1COC(C)(CC(=O)N(N)c2ccc3ccccc3c2)O1. The highest BCUT2D eigenvalue weighted by molar-refractivity contribution is 5.95. The molecule has 2 aromatic carbocycles. The topological polar surface area (TPSA) is 64.8 Å². The zero-order valence-electron chi connectivity index (χ0n) is 12.8. The molecule has 5 nitrogen and oxygen atoms in total. The van der Waals surface area contributed by atoms with Crippen molar-refractivity contribution >= 4 is 22.4 Å². The average Bonchev–Trinajstić information content (AvgIpc) is 2.84. The summed E-state index contributed by atoms with van der Waals surface area (Å²) in [5.41, 5.74) is 0.651. The molecule has 2 aromatic rings. The van der Waals surface area contributed by atoms with Gasteiger partial charge < -0.3 is 9.47 Å². The highest BCUT2D eigenvalue weighted by Crippen LogP contribution is 2.28. The molecular weight excluding hydrogens is 280 g/mol. The molecule has 0 aliphatic carbocycles. The molecule has 1 fully saturated rings. The summed E-state index contributed by atoms with van der Waals surface area (Å²) < 4.78 is 11.2. The van der Waals surface area contributed by atoms with Gasteiger partial charge in [-0.15, -0.1) is 0 Å². The van der Waals surface area contributed by atoms with Gasteiger partial charge in [0.15, 0.2) is 5.79 Å². The summed E-state index contributed by atoms with van der Waals surface area (Å²) in [6.07, 6.45) is 0.0745. The number of carbonyl (C=O) groups excluding carboxylic acids is 1. The highest BCUT2D eigenvalue weighted by Gasteiger charge is 2.38. The van der Waals surface area contributed by atoms with E-state index in [9.17, 15) is 4.79 Å². The molecule has 2 N–H and O–H groups in total. The maximum atomic E-state index is 12.4. The molecule has 0 bridgehead atoms. The number of ether oxygens (including phenoxy) is 2. The van der Waals surface area contributed by atoms with Crippen LogP contribution >= 0.6 is 0 Å². The lowest BCUT2D eigenvalue weighted by Crippen LogP contribution is -2.42. The number of hydrogen-bond donors (Lipinski definition) is 1. The fourth-order valence-electron chi connectivity index (χ4n) is 2.71. The number of carbonyl (C=O) groups is 1. The third kappa shape index (κ3) is 2.97. The van der Waals surface area contributed by atoms with Crippen molar-refractivity contribution in [2.24, 2.45) is 5.84 Å². The van der Waals surface area contributed by atoms with Crippen LogP contribution < -0.4 is 10.9 Å². The van der Waals surface area contributed by atoms with Crippen LogP contribution in [-0.4, -0.2) is 24.4 Å². The Balaban J connectivity index is 1.77. The zero-order chi connectivity index (χ0) is 15.7. The van der Waals surface area contributed by atoms with E-state index >= 15 is 0 Å². The van der Waals surface area contributed by atoms with E-state index in [0.29, 0.717) is 12.3 Å².